The molecule has 0 atom stereocenters. The van der Waals surface area contributed by atoms with Crippen LogP contribution in [0.2, 0.25) is 0 Å². The Kier molecular flexibility index (Phi) is 3.42. The molecule has 1 saturated heterocycles. The van der Waals surface area contributed by atoms with Crippen LogP contribution in [-0.2, 0) is 0 Å². The predicted octanol–water partition coefficient (Wildman–Crippen LogP) is 1.50. The number of imidazole rings is 1. The summed E-state index contributed by atoms with van der Waals surface area (Å²) in [5.41, 5.74) is 0. The van der Waals surface area contributed by atoms with Gasteiger partial charge in [-0.15, -0.1) is 0 Å². The first-order valence-electron chi connectivity index (χ1n) is 4.73. The van der Waals surface area contributed by atoms with E-state index in [4.69, 9.17) is 12.2 Å². The Morgan fingerprint density at radius 3 is 2.93 bits per heavy atom. The van der Waals surface area contributed by atoms with E-state index in [-0.39, 0.29) is 0 Å². The number of thiocarbonyl (C=S) groups is 1. The maximum atomic E-state index is 5.26. The second-order valence-corrected chi connectivity index (χ2v) is 4.92. The topological polar surface area (TPSA) is 29.9 Å². The van der Waals surface area contributed by atoms with E-state index in [0.29, 0.717) is 6.04 Å². The Balaban J connectivity index is 1.87. The molecule has 1 aliphatic rings. The molecule has 0 unspecified atom stereocenters. The number of rotatable bonds is 1. The smallest absolute Gasteiger partial charge is 0.178 e. The van der Waals surface area contributed by atoms with E-state index in [1.54, 1.807) is 12.5 Å². The summed E-state index contributed by atoms with van der Waals surface area (Å²) in [6.45, 7) is 0. The molecule has 1 aromatic heterocycles. The molecule has 3 nitrogen and oxygen atoms in total. The van der Waals surface area contributed by atoms with Crippen molar-refractivity contribution in [3.8, 4) is 0 Å². The molecule has 0 aromatic carbocycles. The van der Waals surface area contributed by atoms with Gasteiger partial charge in [0.2, 0.25) is 0 Å². The van der Waals surface area contributed by atoms with Crippen LogP contribution in [-0.4, -0.2) is 32.2 Å². The lowest BCUT2D eigenvalue weighted by molar-refractivity contribution is 0.564. The van der Waals surface area contributed by atoms with Gasteiger partial charge in [0.05, 0.1) is 0 Å². The van der Waals surface area contributed by atoms with Crippen LogP contribution in [0.5, 0.6) is 0 Å². The average Bonchev–Trinajstić information content (AvgIpc) is 2.72. The maximum absolute atomic E-state index is 5.26. The highest BCUT2D eigenvalue weighted by atomic mass is 32.2. The molecule has 1 fully saturated rings. The van der Waals surface area contributed by atoms with Gasteiger partial charge in [-0.2, -0.15) is 11.8 Å². The van der Waals surface area contributed by atoms with Gasteiger partial charge in [0, 0.05) is 18.4 Å². The van der Waals surface area contributed by atoms with Gasteiger partial charge in [0.1, 0.15) is 6.33 Å². The summed E-state index contributed by atoms with van der Waals surface area (Å²) < 4.78 is 1.84. The second kappa shape index (κ2) is 4.79. The van der Waals surface area contributed by atoms with Crippen LogP contribution < -0.4 is 5.32 Å². The summed E-state index contributed by atoms with van der Waals surface area (Å²) in [5, 5.41) is 4.13. The van der Waals surface area contributed by atoms with E-state index >= 15 is 0 Å². The molecular weight excluding hydrogens is 214 g/mol. The lowest BCUT2D eigenvalue weighted by Crippen LogP contribution is -2.39. The Morgan fingerprint density at radius 2 is 2.29 bits per heavy atom. The average molecular weight is 227 g/mol. The third-order valence-corrected chi connectivity index (χ3v) is 3.67. The van der Waals surface area contributed by atoms with E-state index in [1.165, 1.54) is 24.3 Å². The Labute approximate surface area is 93.3 Å². The van der Waals surface area contributed by atoms with E-state index in [1.807, 2.05) is 22.5 Å². The number of nitrogens with one attached hydrogen (secondary N) is 1. The van der Waals surface area contributed by atoms with E-state index < -0.39 is 0 Å². The number of thioether (sulfide) groups is 1. The quantitative estimate of drug-likeness (QED) is 0.736. The lowest BCUT2D eigenvalue weighted by atomic mass is 10.2. The van der Waals surface area contributed by atoms with Crippen molar-refractivity contribution in [2.24, 2.45) is 0 Å². The highest BCUT2D eigenvalue weighted by molar-refractivity contribution is 7.99. The predicted molar refractivity (Wildman–Crippen MR) is 63.7 cm³/mol. The lowest BCUT2D eigenvalue weighted by Gasteiger charge is -2.23. The van der Waals surface area contributed by atoms with Crippen molar-refractivity contribution in [1.82, 2.24) is 14.9 Å². The first-order valence-corrected chi connectivity index (χ1v) is 6.29. The van der Waals surface area contributed by atoms with Crippen LogP contribution in [0, 0.1) is 0 Å². The molecule has 0 bridgehead atoms. The molecule has 76 valence electrons. The second-order valence-electron chi connectivity index (χ2n) is 3.31. The van der Waals surface area contributed by atoms with Crippen LogP contribution in [0.4, 0.5) is 0 Å². The zero-order chi connectivity index (χ0) is 9.80. The first-order chi connectivity index (χ1) is 6.86. The highest BCUT2D eigenvalue weighted by Crippen LogP contribution is 2.16. The molecule has 14 heavy (non-hydrogen) atoms. The third-order valence-electron chi connectivity index (χ3n) is 2.29. The number of nitrogens with zero attached hydrogens (tertiary/aromatic N) is 2. The van der Waals surface area contributed by atoms with Crippen molar-refractivity contribution in [1.29, 1.82) is 0 Å². The van der Waals surface area contributed by atoms with Gasteiger partial charge in [0.25, 0.3) is 0 Å². The van der Waals surface area contributed by atoms with E-state index in [9.17, 15) is 0 Å². The van der Waals surface area contributed by atoms with Gasteiger partial charge in [-0.05, 0) is 36.6 Å². The molecule has 0 amide bonds. The van der Waals surface area contributed by atoms with Gasteiger partial charge >= 0.3 is 0 Å². The van der Waals surface area contributed by atoms with Crippen molar-refractivity contribution in [3.63, 3.8) is 0 Å². The summed E-state index contributed by atoms with van der Waals surface area (Å²) in [5.74, 6) is 2.48. The fourth-order valence-electron chi connectivity index (χ4n) is 1.47. The van der Waals surface area contributed by atoms with Crippen LogP contribution >= 0.6 is 24.0 Å². The number of hydrogen-bond acceptors (Lipinski definition) is 3. The molecule has 5 heteroatoms. The van der Waals surface area contributed by atoms with Gasteiger partial charge in [-0.3, -0.25) is 4.57 Å². The minimum Gasteiger partial charge on any atom is -0.359 e. The van der Waals surface area contributed by atoms with Crippen LogP contribution in [0.15, 0.2) is 18.7 Å². The number of aromatic nitrogens is 2. The molecule has 0 spiro atoms. The van der Waals surface area contributed by atoms with Crippen molar-refractivity contribution in [3.05, 3.63) is 18.7 Å². The molecule has 0 aliphatic carbocycles. The SMILES string of the molecule is S=C(NC1CCSCC1)n1ccnc1. The molecule has 0 radical (unpaired) electrons. The summed E-state index contributed by atoms with van der Waals surface area (Å²) in [7, 11) is 0. The monoisotopic (exact) mass is 227 g/mol. The zero-order valence-electron chi connectivity index (χ0n) is 7.85. The molecule has 0 saturated carbocycles. The minimum absolute atomic E-state index is 0.547. The van der Waals surface area contributed by atoms with Crippen LogP contribution in [0.3, 0.4) is 0 Å². The van der Waals surface area contributed by atoms with Crippen molar-refractivity contribution >= 4 is 29.1 Å². The Hall–Kier alpha value is -0.550. The zero-order valence-corrected chi connectivity index (χ0v) is 9.48. The van der Waals surface area contributed by atoms with E-state index in [0.717, 1.165) is 5.11 Å². The van der Waals surface area contributed by atoms with Crippen molar-refractivity contribution in [2.45, 2.75) is 18.9 Å². The molecular formula is C9H13N3S2. The van der Waals surface area contributed by atoms with Crippen molar-refractivity contribution < 1.29 is 0 Å². The third kappa shape index (κ3) is 2.48. The fraction of sp³-hybridized carbons (Fsp3) is 0.556. The largest absolute Gasteiger partial charge is 0.359 e. The molecule has 1 aromatic rings. The van der Waals surface area contributed by atoms with E-state index in [2.05, 4.69) is 10.3 Å². The van der Waals surface area contributed by atoms with Gasteiger partial charge in [0.15, 0.2) is 5.11 Å². The Morgan fingerprint density at radius 1 is 1.50 bits per heavy atom. The summed E-state index contributed by atoms with van der Waals surface area (Å²) >= 11 is 7.28. The molecule has 2 rings (SSSR count). The van der Waals surface area contributed by atoms with Crippen LogP contribution in [0.25, 0.3) is 0 Å². The summed E-state index contributed by atoms with van der Waals surface area (Å²) in [6.07, 6.45) is 7.75. The molecule has 2 heterocycles. The fourth-order valence-corrected chi connectivity index (χ4v) is 2.85. The standard InChI is InChI=1S/C9H13N3S2/c13-9(12-4-3-10-7-12)11-8-1-5-14-6-2-8/h3-4,7-8H,1-2,5-6H2,(H,11,13). The summed E-state index contributed by atoms with van der Waals surface area (Å²) in [6, 6.07) is 0.547. The molecule has 1 N–H and O–H groups in total. The summed E-state index contributed by atoms with van der Waals surface area (Å²) in [4.78, 5) is 3.97. The van der Waals surface area contributed by atoms with Gasteiger partial charge in [-0.25, -0.2) is 4.98 Å². The van der Waals surface area contributed by atoms with Gasteiger partial charge < -0.3 is 5.32 Å². The first kappa shape index (κ1) is 9.98. The van der Waals surface area contributed by atoms with Gasteiger partial charge in [-0.1, -0.05) is 0 Å². The molecule has 1 aliphatic heterocycles. The maximum Gasteiger partial charge on any atom is 0.178 e. The normalized spacial score (nSPS) is 18.0. The number of hydrogen-bond donors (Lipinski definition) is 1. The minimum atomic E-state index is 0.547. The highest BCUT2D eigenvalue weighted by Gasteiger charge is 2.14. The van der Waals surface area contributed by atoms with Crippen LogP contribution in [0.1, 0.15) is 12.8 Å². The Bertz CT molecular complexity index is 291. The van der Waals surface area contributed by atoms with Crippen molar-refractivity contribution in [2.75, 3.05) is 11.5 Å².